The Kier molecular flexibility index (Phi) is 5.10. The van der Waals surface area contributed by atoms with Crippen molar-refractivity contribution in [3.63, 3.8) is 0 Å². The maximum atomic E-state index is 15.4. The molecule has 1 aliphatic heterocycles. The fourth-order valence-electron chi connectivity index (χ4n) is 3.51. The summed E-state index contributed by atoms with van der Waals surface area (Å²) in [5.74, 6) is -3.53. The number of aromatic nitrogens is 6. The zero-order valence-electron chi connectivity index (χ0n) is 17.2. The Balaban J connectivity index is 1.47. The molecular weight excluding hydrogens is 420 g/mol. The van der Waals surface area contributed by atoms with Gasteiger partial charge in [-0.1, -0.05) is 18.2 Å². The van der Waals surface area contributed by atoms with E-state index in [0.717, 1.165) is 23.3 Å². The van der Waals surface area contributed by atoms with Crippen molar-refractivity contribution in [2.75, 3.05) is 38.3 Å². The Morgan fingerprint density at radius 1 is 1.03 bits per heavy atom. The minimum Gasteiger partial charge on any atom is -0.480 e. The van der Waals surface area contributed by atoms with Gasteiger partial charge >= 0.3 is 5.92 Å². The molecule has 0 atom stereocenters. The van der Waals surface area contributed by atoms with Gasteiger partial charge < -0.3 is 14.4 Å². The molecule has 0 unspecified atom stereocenters. The highest BCUT2D eigenvalue weighted by molar-refractivity contribution is 5.58. The molecule has 4 heterocycles. The van der Waals surface area contributed by atoms with Crippen LogP contribution in [0.1, 0.15) is 11.4 Å². The zero-order valence-corrected chi connectivity index (χ0v) is 17.2. The molecule has 0 N–H and O–H groups in total. The van der Waals surface area contributed by atoms with Crippen LogP contribution in [0.2, 0.25) is 0 Å². The van der Waals surface area contributed by atoms with Gasteiger partial charge in [0.25, 0.3) is 0 Å². The summed E-state index contributed by atoms with van der Waals surface area (Å²) in [6.45, 7) is 2.82. The van der Waals surface area contributed by atoms with Gasteiger partial charge in [-0.3, -0.25) is 0 Å². The number of nitrogens with zero attached hydrogens (tertiary/aromatic N) is 7. The number of hydrogen-bond donors (Lipinski definition) is 0. The molecule has 4 aromatic rings. The average molecular weight is 439 g/mol. The number of halogens is 2. The van der Waals surface area contributed by atoms with Crippen molar-refractivity contribution in [1.29, 1.82) is 0 Å². The lowest BCUT2D eigenvalue weighted by molar-refractivity contribution is 0.0305. The first-order valence-corrected chi connectivity index (χ1v) is 9.96. The van der Waals surface area contributed by atoms with E-state index in [1.807, 2.05) is 0 Å². The SMILES string of the molecule is COc1ccc2nnc(C(F)(F)c3cccc(-c4ncc(N5CCOCC5)cn4)c3)n2n1. The Labute approximate surface area is 181 Å². The smallest absolute Gasteiger partial charge is 0.333 e. The van der Waals surface area contributed by atoms with Crippen molar-refractivity contribution in [3.05, 3.63) is 60.2 Å². The van der Waals surface area contributed by atoms with Crippen molar-refractivity contribution in [1.82, 2.24) is 29.8 Å². The van der Waals surface area contributed by atoms with Crippen molar-refractivity contribution in [3.8, 4) is 17.3 Å². The van der Waals surface area contributed by atoms with Crippen LogP contribution in [0.4, 0.5) is 14.5 Å². The second-order valence-corrected chi connectivity index (χ2v) is 7.19. The van der Waals surface area contributed by atoms with Gasteiger partial charge in [-0.15, -0.1) is 15.3 Å². The van der Waals surface area contributed by atoms with Crippen LogP contribution in [0.15, 0.2) is 48.8 Å². The van der Waals surface area contributed by atoms with E-state index in [1.54, 1.807) is 18.5 Å². The van der Waals surface area contributed by atoms with Gasteiger partial charge in [0.15, 0.2) is 11.5 Å². The van der Waals surface area contributed by atoms with Crippen LogP contribution < -0.4 is 9.64 Å². The van der Waals surface area contributed by atoms with E-state index < -0.39 is 11.7 Å². The molecule has 0 spiro atoms. The fraction of sp³-hybridized carbons (Fsp3) is 0.286. The molecule has 1 fully saturated rings. The van der Waals surface area contributed by atoms with Gasteiger partial charge in [0.05, 0.1) is 38.4 Å². The van der Waals surface area contributed by atoms with E-state index >= 15 is 8.78 Å². The minimum atomic E-state index is -3.46. The highest BCUT2D eigenvalue weighted by Gasteiger charge is 2.40. The molecule has 1 saturated heterocycles. The van der Waals surface area contributed by atoms with E-state index in [2.05, 4.69) is 30.2 Å². The molecule has 0 aliphatic carbocycles. The maximum absolute atomic E-state index is 15.4. The van der Waals surface area contributed by atoms with Crippen LogP contribution in [0.5, 0.6) is 5.88 Å². The summed E-state index contributed by atoms with van der Waals surface area (Å²) in [6, 6.07) is 8.95. The highest BCUT2D eigenvalue weighted by atomic mass is 19.3. The summed E-state index contributed by atoms with van der Waals surface area (Å²) in [7, 11) is 1.41. The van der Waals surface area contributed by atoms with Crippen LogP contribution in [-0.4, -0.2) is 63.2 Å². The molecule has 9 nitrogen and oxygen atoms in total. The summed E-state index contributed by atoms with van der Waals surface area (Å²) in [4.78, 5) is 10.9. The third-order valence-electron chi connectivity index (χ3n) is 5.23. The number of ether oxygens (including phenoxy) is 2. The predicted octanol–water partition coefficient (Wildman–Crippen LogP) is 2.57. The molecule has 164 valence electrons. The number of fused-ring (bicyclic) bond motifs is 1. The number of hydrogen-bond acceptors (Lipinski definition) is 8. The van der Waals surface area contributed by atoms with Gasteiger partial charge in [0, 0.05) is 30.3 Å². The summed E-state index contributed by atoms with van der Waals surface area (Å²) in [6.07, 6.45) is 3.39. The monoisotopic (exact) mass is 439 g/mol. The van der Waals surface area contributed by atoms with Crippen LogP contribution in [-0.2, 0) is 10.7 Å². The largest absolute Gasteiger partial charge is 0.480 e. The number of rotatable bonds is 5. The summed E-state index contributed by atoms with van der Waals surface area (Å²) < 4.78 is 42.2. The van der Waals surface area contributed by atoms with Crippen LogP contribution >= 0.6 is 0 Å². The molecule has 5 rings (SSSR count). The third kappa shape index (κ3) is 3.60. The van der Waals surface area contributed by atoms with Crippen molar-refractivity contribution < 1.29 is 18.3 Å². The van der Waals surface area contributed by atoms with E-state index in [-0.39, 0.29) is 17.1 Å². The van der Waals surface area contributed by atoms with Crippen LogP contribution in [0.3, 0.4) is 0 Å². The first-order chi connectivity index (χ1) is 15.6. The minimum absolute atomic E-state index is 0.178. The summed E-state index contributed by atoms with van der Waals surface area (Å²) in [5.41, 5.74) is 1.26. The molecule has 0 bridgehead atoms. The third-order valence-corrected chi connectivity index (χ3v) is 5.23. The summed E-state index contributed by atoms with van der Waals surface area (Å²) >= 11 is 0. The molecule has 32 heavy (non-hydrogen) atoms. The quantitative estimate of drug-likeness (QED) is 0.469. The number of anilines is 1. The van der Waals surface area contributed by atoms with Gasteiger partial charge in [-0.2, -0.15) is 13.3 Å². The zero-order chi connectivity index (χ0) is 22.1. The lowest BCUT2D eigenvalue weighted by Crippen LogP contribution is -2.36. The van der Waals surface area contributed by atoms with Gasteiger partial charge in [0.2, 0.25) is 11.7 Å². The average Bonchev–Trinajstić information content (AvgIpc) is 3.29. The highest BCUT2D eigenvalue weighted by Crippen LogP contribution is 2.36. The molecule has 0 saturated carbocycles. The second-order valence-electron chi connectivity index (χ2n) is 7.19. The molecular formula is C21H19F2N7O2. The first-order valence-electron chi connectivity index (χ1n) is 9.96. The normalized spacial score (nSPS) is 14.7. The van der Waals surface area contributed by atoms with Crippen molar-refractivity contribution in [2.45, 2.75) is 5.92 Å². The topological polar surface area (TPSA) is 90.6 Å². The van der Waals surface area contributed by atoms with Crippen LogP contribution in [0, 0.1) is 0 Å². The lowest BCUT2D eigenvalue weighted by Gasteiger charge is -2.28. The van der Waals surface area contributed by atoms with Gasteiger partial charge in [0.1, 0.15) is 0 Å². The Morgan fingerprint density at radius 3 is 2.56 bits per heavy atom. The molecule has 0 amide bonds. The number of benzene rings is 1. The maximum Gasteiger partial charge on any atom is 0.333 e. The standard InChI is InChI=1S/C21H19F2N7O2/c1-31-18-6-5-17-26-27-20(30(17)28-18)21(22,23)15-4-2-3-14(11-15)19-24-12-16(13-25-19)29-7-9-32-10-8-29/h2-6,11-13H,7-10H2,1H3. The fourth-order valence-corrected chi connectivity index (χ4v) is 3.51. The summed E-state index contributed by atoms with van der Waals surface area (Å²) in [5, 5.41) is 11.5. The predicted molar refractivity (Wildman–Crippen MR) is 111 cm³/mol. The number of alkyl halides is 2. The first kappa shape index (κ1) is 20.2. The lowest BCUT2D eigenvalue weighted by atomic mass is 10.0. The van der Waals surface area contributed by atoms with Crippen molar-refractivity contribution in [2.24, 2.45) is 0 Å². The number of methoxy groups -OCH3 is 1. The molecule has 11 heteroatoms. The van der Waals surface area contributed by atoms with Gasteiger partial charge in [-0.05, 0) is 12.1 Å². The Morgan fingerprint density at radius 2 is 1.81 bits per heavy atom. The van der Waals surface area contributed by atoms with Gasteiger partial charge in [-0.25, -0.2) is 9.97 Å². The number of morpholine rings is 1. The van der Waals surface area contributed by atoms with E-state index in [9.17, 15) is 0 Å². The second kappa shape index (κ2) is 8.08. The van der Waals surface area contributed by atoms with E-state index in [1.165, 1.54) is 37.4 Å². The van der Waals surface area contributed by atoms with Crippen LogP contribution in [0.25, 0.3) is 17.0 Å². The Hall–Kier alpha value is -3.73. The molecule has 3 aromatic heterocycles. The molecule has 1 aromatic carbocycles. The Bertz CT molecular complexity index is 1240. The van der Waals surface area contributed by atoms with Crippen molar-refractivity contribution >= 4 is 11.3 Å². The molecule has 0 radical (unpaired) electrons. The van der Waals surface area contributed by atoms with E-state index in [4.69, 9.17) is 9.47 Å². The molecule has 1 aliphatic rings. The van der Waals surface area contributed by atoms with E-state index in [0.29, 0.717) is 24.6 Å².